The van der Waals surface area contributed by atoms with E-state index in [4.69, 9.17) is 16.7 Å². The van der Waals surface area contributed by atoms with Crippen LogP contribution >= 0.6 is 11.6 Å². The second-order valence-corrected chi connectivity index (χ2v) is 5.53. The molecular weight excluding hydrogens is 254 g/mol. The average molecular weight is 272 g/mol. The van der Waals surface area contributed by atoms with Crippen LogP contribution in [0, 0.1) is 5.41 Å². The number of aliphatic hydroxyl groups is 1. The van der Waals surface area contributed by atoms with Crippen molar-refractivity contribution in [2.45, 2.75) is 33.2 Å². The first-order valence-electron chi connectivity index (χ1n) is 5.75. The Labute approximate surface area is 112 Å². The first-order chi connectivity index (χ1) is 8.34. The fraction of sp³-hybridized carbons (Fsp3) is 0.583. The highest BCUT2D eigenvalue weighted by atomic mass is 35.5. The molecule has 0 aliphatic rings. The van der Waals surface area contributed by atoms with Gasteiger partial charge in [0, 0.05) is 12.6 Å². The largest absolute Gasteiger partial charge is 0.396 e. The van der Waals surface area contributed by atoms with E-state index in [1.54, 1.807) is 0 Å². The maximum absolute atomic E-state index is 11.9. The number of hydrogen-bond acceptors (Lipinski definition) is 4. The topological polar surface area (TPSA) is 75.1 Å². The minimum Gasteiger partial charge on any atom is -0.396 e. The average Bonchev–Trinajstić information content (AvgIpc) is 2.28. The molecule has 0 aliphatic carbocycles. The van der Waals surface area contributed by atoms with Gasteiger partial charge in [-0.05, 0) is 24.0 Å². The van der Waals surface area contributed by atoms with Crippen molar-refractivity contribution in [2.24, 2.45) is 5.41 Å². The predicted molar refractivity (Wildman–Crippen MR) is 69.5 cm³/mol. The fourth-order valence-electron chi connectivity index (χ4n) is 1.52. The van der Waals surface area contributed by atoms with Crippen LogP contribution < -0.4 is 5.32 Å². The van der Waals surface area contributed by atoms with E-state index in [0.29, 0.717) is 6.42 Å². The molecule has 1 rings (SSSR count). The molecule has 0 fully saturated rings. The van der Waals surface area contributed by atoms with E-state index in [2.05, 4.69) is 15.5 Å². The molecule has 0 saturated carbocycles. The van der Waals surface area contributed by atoms with Gasteiger partial charge in [-0.3, -0.25) is 4.79 Å². The summed E-state index contributed by atoms with van der Waals surface area (Å²) in [6.45, 7) is 6.03. The third kappa shape index (κ3) is 4.23. The summed E-state index contributed by atoms with van der Waals surface area (Å²) in [5.41, 5.74) is 0.0738. The van der Waals surface area contributed by atoms with Crippen molar-refractivity contribution in [3.63, 3.8) is 0 Å². The maximum atomic E-state index is 11.9. The van der Waals surface area contributed by atoms with Gasteiger partial charge in [0.15, 0.2) is 10.8 Å². The molecule has 1 heterocycles. The van der Waals surface area contributed by atoms with Crippen LogP contribution in [0.15, 0.2) is 12.1 Å². The molecule has 0 saturated heterocycles. The molecule has 0 aliphatic heterocycles. The van der Waals surface area contributed by atoms with E-state index in [1.165, 1.54) is 12.1 Å². The van der Waals surface area contributed by atoms with Crippen molar-refractivity contribution < 1.29 is 9.90 Å². The predicted octanol–water partition coefficient (Wildman–Crippen LogP) is 1.66. The molecule has 5 nitrogen and oxygen atoms in total. The number of amides is 1. The fourth-order valence-corrected chi connectivity index (χ4v) is 1.62. The van der Waals surface area contributed by atoms with Gasteiger partial charge in [0.2, 0.25) is 0 Å². The highest BCUT2D eigenvalue weighted by Crippen LogP contribution is 2.21. The van der Waals surface area contributed by atoms with Crippen molar-refractivity contribution in [1.29, 1.82) is 0 Å². The number of nitrogens with one attached hydrogen (secondary N) is 1. The Kier molecular flexibility index (Phi) is 5.04. The van der Waals surface area contributed by atoms with Crippen LogP contribution in [0.2, 0.25) is 5.15 Å². The highest BCUT2D eigenvalue weighted by molar-refractivity contribution is 6.29. The van der Waals surface area contributed by atoms with Crippen LogP contribution in [0.3, 0.4) is 0 Å². The van der Waals surface area contributed by atoms with Crippen molar-refractivity contribution in [3.05, 3.63) is 23.0 Å². The number of halogens is 1. The summed E-state index contributed by atoms with van der Waals surface area (Å²) < 4.78 is 0. The van der Waals surface area contributed by atoms with Gasteiger partial charge in [-0.25, -0.2) is 0 Å². The first kappa shape index (κ1) is 14.9. The number of rotatable bonds is 4. The van der Waals surface area contributed by atoms with Gasteiger partial charge in [0.25, 0.3) is 5.91 Å². The highest BCUT2D eigenvalue weighted by Gasteiger charge is 2.26. The standard InChI is InChI=1S/C12H18ClN3O2/c1-12(2,3)9(6-7-17)14-11(18)8-4-5-10(13)16-15-8/h4-5,9,17H,6-7H2,1-3H3,(H,14,18). The molecule has 18 heavy (non-hydrogen) atoms. The second kappa shape index (κ2) is 6.11. The Morgan fingerprint density at radius 1 is 1.44 bits per heavy atom. The minimum atomic E-state index is -0.312. The van der Waals surface area contributed by atoms with E-state index in [0.717, 1.165) is 0 Å². The zero-order valence-corrected chi connectivity index (χ0v) is 11.5. The summed E-state index contributed by atoms with van der Waals surface area (Å²) in [6, 6.07) is 2.90. The Balaban J connectivity index is 2.75. The first-order valence-corrected chi connectivity index (χ1v) is 6.13. The molecule has 1 aromatic heterocycles. The van der Waals surface area contributed by atoms with Crippen LogP contribution in [-0.4, -0.2) is 33.9 Å². The molecular formula is C12H18ClN3O2. The van der Waals surface area contributed by atoms with Crippen LogP contribution in [-0.2, 0) is 0 Å². The lowest BCUT2D eigenvalue weighted by Gasteiger charge is -2.30. The van der Waals surface area contributed by atoms with Crippen LogP contribution in [0.1, 0.15) is 37.7 Å². The van der Waals surface area contributed by atoms with E-state index < -0.39 is 0 Å². The van der Waals surface area contributed by atoms with Gasteiger partial charge in [0.1, 0.15) is 0 Å². The van der Waals surface area contributed by atoms with Gasteiger partial charge >= 0.3 is 0 Å². The number of hydrogen-bond donors (Lipinski definition) is 2. The molecule has 0 spiro atoms. The lowest BCUT2D eigenvalue weighted by atomic mass is 9.85. The van der Waals surface area contributed by atoms with Crippen molar-refractivity contribution in [2.75, 3.05) is 6.61 Å². The molecule has 2 N–H and O–H groups in total. The Morgan fingerprint density at radius 3 is 2.56 bits per heavy atom. The summed E-state index contributed by atoms with van der Waals surface area (Å²) in [6.07, 6.45) is 0.496. The summed E-state index contributed by atoms with van der Waals surface area (Å²) in [4.78, 5) is 11.9. The van der Waals surface area contributed by atoms with Crippen LogP contribution in [0.4, 0.5) is 0 Å². The van der Waals surface area contributed by atoms with Crippen molar-refractivity contribution in [3.8, 4) is 0 Å². The smallest absolute Gasteiger partial charge is 0.272 e. The number of aliphatic hydroxyl groups excluding tert-OH is 1. The van der Waals surface area contributed by atoms with E-state index in [9.17, 15) is 4.79 Å². The Bertz CT molecular complexity index is 401. The third-order valence-electron chi connectivity index (χ3n) is 2.63. The molecule has 100 valence electrons. The number of carbonyl (C=O) groups is 1. The lowest BCUT2D eigenvalue weighted by molar-refractivity contribution is 0.0879. The van der Waals surface area contributed by atoms with Gasteiger partial charge in [-0.2, -0.15) is 0 Å². The molecule has 1 unspecified atom stereocenters. The summed E-state index contributed by atoms with van der Waals surface area (Å²) in [7, 11) is 0. The monoisotopic (exact) mass is 271 g/mol. The van der Waals surface area contributed by atoms with E-state index >= 15 is 0 Å². The van der Waals surface area contributed by atoms with Crippen LogP contribution in [0.25, 0.3) is 0 Å². The molecule has 1 amide bonds. The molecule has 0 radical (unpaired) electrons. The Morgan fingerprint density at radius 2 is 2.11 bits per heavy atom. The summed E-state index contributed by atoms with van der Waals surface area (Å²) >= 11 is 5.61. The number of carbonyl (C=O) groups excluding carboxylic acids is 1. The normalized spacial score (nSPS) is 13.2. The van der Waals surface area contributed by atoms with E-state index in [-0.39, 0.29) is 34.8 Å². The van der Waals surface area contributed by atoms with E-state index in [1.807, 2.05) is 20.8 Å². The van der Waals surface area contributed by atoms with Crippen molar-refractivity contribution in [1.82, 2.24) is 15.5 Å². The number of aromatic nitrogens is 2. The van der Waals surface area contributed by atoms with Gasteiger partial charge in [-0.1, -0.05) is 32.4 Å². The third-order valence-corrected chi connectivity index (χ3v) is 2.83. The minimum absolute atomic E-state index is 0.0223. The molecule has 0 aromatic carbocycles. The molecule has 1 atom stereocenters. The SMILES string of the molecule is CC(C)(C)C(CCO)NC(=O)c1ccc(Cl)nn1. The second-order valence-electron chi connectivity index (χ2n) is 5.15. The van der Waals surface area contributed by atoms with Gasteiger partial charge < -0.3 is 10.4 Å². The zero-order valence-electron chi connectivity index (χ0n) is 10.8. The maximum Gasteiger partial charge on any atom is 0.272 e. The van der Waals surface area contributed by atoms with Crippen LogP contribution in [0.5, 0.6) is 0 Å². The quantitative estimate of drug-likeness (QED) is 0.873. The molecule has 1 aromatic rings. The summed E-state index contributed by atoms with van der Waals surface area (Å²) in [5.74, 6) is -0.312. The Hall–Kier alpha value is -1.20. The molecule has 6 heteroatoms. The van der Waals surface area contributed by atoms with Gasteiger partial charge in [-0.15, -0.1) is 10.2 Å². The van der Waals surface area contributed by atoms with Crippen molar-refractivity contribution >= 4 is 17.5 Å². The summed E-state index contributed by atoms with van der Waals surface area (Å²) in [5, 5.41) is 19.5. The van der Waals surface area contributed by atoms with Gasteiger partial charge in [0.05, 0.1) is 0 Å². The zero-order chi connectivity index (χ0) is 13.8. The number of nitrogens with zero attached hydrogens (tertiary/aromatic N) is 2. The lowest BCUT2D eigenvalue weighted by Crippen LogP contribution is -2.44. The molecule has 0 bridgehead atoms.